The third-order valence-electron chi connectivity index (χ3n) is 3.37. The normalized spacial score (nSPS) is 11.0. The van der Waals surface area contributed by atoms with E-state index >= 15 is 0 Å². The number of nitrogen functional groups attached to an aromatic ring is 1. The van der Waals surface area contributed by atoms with Gasteiger partial charge in [0, 0.05) is 29.2 Å². The summed E-state index contributed by atoms with van der Waals surface area (Å²) in [5, 5.41) is 0. The quantitative estimate of drug-likeness (QED) is 0.610. The number of rotatable bonds is 2. The number of oxazole rings is 1. The first-order valence-corrected chi connectivity index (χ1v) is 6.53. The van der Waals surface area contributed by atoms with Crippen molar-refractivity contribution in [2.75, 3.05) is 5.73 Å². The van der Waals surface area contributed by atoms with E-state index in [0.717, 1.165) is 28.2 Å². The first-order chi connectivity index (χ1) is 10.3. The predicted molar refractivity (Wildman–Crippen MR) is 80.5 cm³/mol. The van der Waals surface area contributed by atoms with E-state index in [4.69, 9.17) is 10.2 Å². The van der Waals surface area contributed by atoms with Crippen molar-refractivity contribution in [2.45, 2.75) is 0 Å². The molecule has 3 heterocycles. The molecule has 4 rings (SSSR count). The lowest BCUT2D eigenvalue weighted by Crippen LogP contribution is -1.88. The maximum Gasteiger partial charge on any atom is 0.181 e. The first kappa shape index (κ1) is 11.7. The van der Waals surface area contributed by atoms with Gasteiger partial charge in [0.25, 0.3) is 0 Å². The maximum atomic E-state index is 5.78. The molecule has 1 aromatic carbocycles. The van der Waals surface area contributed by atoms with Gasteiger partial charge in [-0.25, -0.2) is 9.97 Å². The van der Waals surface area contributed by atoms with Crippen LogP contribution in [0, 0.1) is 0 Å². The van der Waals surface area contributed by atoms with Crippen LogP contribution in [0.1, 0.15) is 0 Å². The highest BCUT2D eigenvalue weighted by Crippen LogP contribution is 2.24. The fourth-order valence-electron chi connectivity index (χ4n) is 2.31. The summed E-state index contributed by atoms with van der Waals surface area (Å²) in [5.74, 6) is 0.754. The van der Waals surface area contributed by atoms with E-state index < -0.39 is 0 Å². The predicted octanol–water partition coefficient (Wildman–Crippen LogP) is 3.24. The van der Waals surface area contributed by atoms with E-state index in [1.54, 1.807) is 6.20 Å². The molecular formula is C16H12N4O. The van der Waals surface area contributed by atoms with Gasteiger partial charge in [-0.2, -0.15) is 0 Å². The molecule has 0 saturated carbocycles. The van der Waals surface area contributed by atoms with Gasteiger partial charge in [0.2, 0.25) is 0 Å². The maximum absolute atomic E-state index is 5.78. The number of aromatic nitrogens is 3. The molecule has 0 amide bonds. The Morgan fingerprint density at radius 3 is 2.52 bits per heavy atom. The molecule has 0 spiro atoms. The molecule has 0 unspecified atom stereocenters. The van der Waals surface area contributed by atoms with E-state index in [-0.39, 0.29) is 0 Å². The van der Waals surface area contributed by atoms with E-state index in [9.17, 15) is 0 Å². The average molecular weight is 276 g/mol. The summed E-state index contributed by atoms with van der Waals surface area (Å²) in [4.78, 5) is 8.51. The summed E-state index contributed by atoms with van der Waals surface area (Å²) in [6.07, 6.45) is 6.95. The van der Waals surface area contributed by atoms with Gasteiger partial charge < -0.3 is 14.6 Å². The molecule has 0 radical (unpaired) electrons. The van der Waals surface area contributed by atoms with Crippen LogP contribution in [0.5, 0.6) is 0 Å². The fraction of sp³-hybridized carbons (Fsp3) is 0. The Morgan fingerprint density at radius 2 is 1.76 bits per heavy atom. The van der Waals surface area contributed by atoms with Crippen molar-refractivity contribution in [3.63, 3.8) is 0 Å². The highest BCUT2D eigenvalue weighted by atomic mass is 16.3. The molecule has 0 fully saturated rings. The van der Waals surface area contributed by atoms with Crippen LogP contribution in [0.15, 0.2) is 65.8 Å². The van der Waals surface area contributed by atoms with Gasteiger partial charge in [0.1, 0.15) is 5.65 Å². The monoisotopic (exact) mass is 276 g/mol. The van der Waals surface area contributed by atoms with Crippen molar-refractivity contribution < 1.29 is 4.42 Å². The van der Waals surface area contributed by atoms with E-state index in [1.807, 2.05) is 53.2 Å². The molecule has 4 aromatic rings. The van der Waals surface area contributed by atoms with Gasteiger partial charge in [0.05, 0.1) is 11.9 Å². The number of hydrogen-bond donors (Lipinski definition) is 1. The number of imidazole rings is 1. The highest BCUT2D eigenvalue weighted by molar-refractivity contribution is 5.67. The molecule has 5 nitrogen and oxygen atoms in total. The second-order valence-corrected chi connectivity index (χ2v) is 4.80. The van der Waals surface area contributed by atoms with Gasteiger partial charge >= 0.3 is 0 Å². The Morgan fingerprint density at radius 1 is 0.952 bits per heavy atom. The van der Waals surface area contributed by atoms with Crippen molar-refractivity contribution in [1.29, 1.82) is 0 Å². The Bertz CT molecular complexity index is 892. The molecule has 102 valence electrons. The molecule has 3 aromatic heterocycles. The first-order valence-electron chi connectivity index (χ1n) is 6.53. The van der Waals surface area contributed by atoms with Crippen LogP contribution >= 0.6 is 0 Å². The molecule has 5 heteroatoms. The molecule has 0 aliphatic rings. The lowest BCUT2D eigenvalue weighted by atomic mass is 10.1. The number of hydrogen-bond acceptors (Lipinski definition) is 4. The SMILES string of the molecule is Nc1ccc2nc(-c3ccc(-c4cnco4)cc3)cn2c1. The Hall–Kier alpha value is -3.08. The van der Waals surface area contributed by atoms with Gasteiger partial charge in [-0.3, -0.25) is 0 Å². The molecule has 2 N–H and O–H groups in total. The fourth-order valence-corrected chi connectivity index (χ4v) is 2.31. The van der Waals surface area contributed by atoms with Crippen molar-refractivity contribution in [3.8, 4) is 22.6 Å². The van der Waals surface area contributed by atoms with Gasteiger partial charge in [-0.15, -0.1) is 0 Å². The van der Waals surface area contributed by atoms with Gasteiger partial charge in [-0.05, 0) is 12.1 Å². The molecule has 21 heavy (non-hydrogen) atoms. The Balaban J connectivity index is 1.74. The lowest BCUT2D eigenvalue weighted by molar-refractivity contribution is 0.572. The number of nitrogens with zero attached hydrogens (tertiary/aromatic N) is 3. The van der Waals surface area contributed by atoms with Crippen LogP contribution in [0.4, 0.5) is 5.69 Å². The average Bonchev–Trinajstić information content (AvgIpc) is 3.16. The van der Waals surface area contributed by atoms with Gasteiger partial charge in [0.15, 0.2) is 12.2 Å². The zero-order valence-electron chi connectivity index (χ0n) is 11.1. The number of fused-ring (bicyclic) bond motifs is 1. The van der Waals surface area contributed by atoms with E-state index in [2.05, 4.69) is 9.97 Å². The summed E-state index contributed by atoms with van der Waals surface area (Å²) >= 11 is 0. The number of benzene rings is 1. The van der Waals surface area contributed by atoms with Gasteiger partial charge in [-0.1, -0.05) is 24.3 Å². The van der Waals surface area contributed by atoms with Crippen LogP contribution in [-0.2, 0) is 0 Å². The smallest absolute Gasteiger partial charge is 0.181 e. The highest BCUT2D eigenvalue weighted by Gasteiger charge is 2.06. The summed E-state index contributed by atoms with van der Waals surface area (Å²) in [6, 6.07) is 11.8. The van der Waals surface area contributed by atoms with Crippen molar-refractivity contribution in [1.82, 2.24) is 14.4 Å². The minimum atomic E-state index is 0.715. The number of pyridine rings is 1. The van der Waals surface area contributed by atoms with Crippen LogP contribution in [0.2, 0.25) is 0 Å². The number of nitrogens with two attached hydrogens (primary N) is 1. The molecule has 0 atom stereocenters. The minimum absolute atomic E-state index is 0.715. The third-order valence-corrected chi connectivity index (χ3v) is 3.37. The molecule has 0 aliphatic heterocycles. The topological polar surface area (TPSA) is 69.3 Å². The summed E-state index contributed by atoms with van der Waals surface area (Å²) in [6.45, 7) is 0. The second kappa shape index (κ2) is 4.49. The van der Waals surface area contributed by atoms with Crippen LogP contribution < -0.4 is 5.73 Å². The van der Waals surface area contributed by atoms with E-state index in [1.165, 1.54) is 6.39 Å². The van der Waals surface area contributed by atoms with Crippen LogP contribution in [0.3, 0.4) is 0 Å². The zero-order chi connectivity index (χ0) is 14.2. The standard InChI is InChI=1S/C16H12N4O/c17-13-5-6-16-19-14(9-20(16)8-13)11-1-3-12(4-2-11)15-7-18-10-21-15/h1-10H,17H2. The number of anilines is 1. The molecular weight excluding hydrogens is 264 g/mol. The van der Waals surface area contributed by atoms with Crippen molar-refractivity contribution in [2.24, 2.45) is 0 Å². The minimum Gasteiger partial charge on any atom is -0.444 e. The van der Waals surface area contributed by atoms with Crippen molar-refractivity contribution in [3.05, 3.63) is 61.4 Å². The van der Waals surface area contributed by atoms with E-state index in [0.29, 0.717) is 5.69 Å². The summed E-state index contributed by atoms with van der Waals surface area (Å²) in [7, 11) is 0. The molecule has 0 bridgehead atoms. The summed E-state index contributed by atoms with van der Waals surface area (Å²) in [5.41, 5.74) is 10.3. The largest absolute Gasteiger partial charge is 0.444 e. The van der Waals surface area contributed by atoms with Crippen LogP contribution in [-0.4, -0.2) is 14.4 Å². The Kier molecular flexibility index (Phi) is 2.50. The molecule has 0 aliphatic carbocycles. The Labute approximate surface area is 120 Å². The lowest BCUT2D eigenvalue weighted by Gasteiger charge is -1.98. The second-order valence-electron chi connectivity index (χ2n) is 4.80. The summed E-state index contributed by atoms with van der Waals surface area (Å²) < 4.78 is 7.21. The zero-order valence-corrected chi connectivity index (χ0v) is 11.1. The van der Waals surface area contributed by atoms with Crippen LogP contribution in [0.25, 0.3) is 28.2 Å². The third kappa shape index (κ3) is 2.04. The van der Waals surface area contributed by atoms with Crippen molar-refractivity contribution >= 4 is 11.3 Å². The molecule has 0 saturated heterocycles.